The second kappa shape index (κ2) is 10.3. The van der Waals surface area contributed by atoms with E-state index < -0.39 is 18.1 Å². The molecule has 0 saturated heterocycles. The number of nitrogens with zero attached hydrogens (tertiary/aromatic N) is 1. The fourth-order valence-electron chi connectivity index (χ4n) is 4.00. The minimum atomic E-state index is -0.815. The van der Waals surface area contributed by atoms with Crippen molar-refractivity contribution in [3.05, 3.63) is 59.7 Å². The van der Waals surface area contributed by atoms with Gasteiger partial charge in [-0.15, -0.1) is 0 Å². The number of likely N-dealkylation sites (N-methyl/N-ethyl adjacent to an activating group) is 1. The van der Waals surface area contributed by atoms with Crippen LogP contribution in [0.15, 0.2) is 48.5 Å². The van der Waals surface area contributed by atoms with Gasteiger partial charge in [-0.05, 0) is 35.1 Å². The van der Waals surface area contributed by atoms with Crippen molar-refractivity contribution in [2.24, 2.45) is 5.92 Å². The van der Waals surface area contributed by atoms with Gasteiger partial charge in [0.2, 0.25) is 5.91 Å². The maximum absolute atomic E-state index is 12.8. The first-order chi connectivity index (χ1) is 15.3. The van der Waals surface area contributed by atoms with Gasteiger partial charge in [-0.2, -0.15) is 0 Å². The Kier molecular flexibility index (Phi) is 7.51. The van der Waals surface area contributed by atoms with Gasteiger partial charge in [0.1, 0.15) is 19.2 Å². The molecule has 0 aromatic heterocycles. The first-order valence-corrected chi connectivity index (χ1v) is 10.9. The molecule has 2 aromatic rings. The third-order valence-corrected chi connectivity index (χ3v) is 5.60. The van der Waals surface area contributed by atoms with Crippen molar-refractivity contribution in [2.75, 3.05) is 26.8 Å². The molecule has 32 heavy (non-hydrogen) atoms. The number of fused-ring (bicyclic) bond motifs is 3. The van der Waals surface area contributed by atoms with Crippen LogP contribution < -0.4 is 5.32 Å². The number of carbonyl (C=O) groups is 3. The molecule has 170 valence electrons. The lowest BCUT2D eigenvalue weighted by Gasteiger charge is -2.26. The summed E-state index contributed by atoms with van der Waals surface area (Å²) in [6.07, 6.45) is -0.663. The average Bonchev–Trinajstić information content (AvgIpc) is 3.09. The van der Waals surface area contributed by atoms with Crippen LogP contribution >= 0.6 is 0 Å². The van der Waals surface area contributed by atoms with Crippen molar-refractivity contribution in [2.45, 2.75) is 32.7 Å². The molecule has 0 aliphatic heterocycles. The molecular formula is C25H30N2O5. The summed E-state index contributed by atoms with van der Waals surface area (Å²) < 4.78 is 10.4. The highest BCUT2D eigenvalue weighted by molar-refractivity contribution is 5.88. The molecule has 7 heteroatoms. The quantitative estimate of drug-likeness (QED) is 0.637. The monoisotopic (exact) mass is 438 g/mol. The van der Waals surface area contributed by atoms with Gasteiger partial charge in [-0.25, -0.2) is 4.79 Å². The van der Waals surface area contributed by atoms with Gasteiger partial charge < -0.3 is 19.7 Å². The molecule has 3 rings (SSSR count). The van der Waals surface area contributed by atoms with Crippen LogP contribution in [-0.4, -0.2) is 55.7 Å². The first kappa shape index (κ1) is 23.3. The number of rotatable bonds is 8. The normalized spacial score (nSPS) is 13.2. The summed E-state index contributed by atoms with van der Waals surface area (Å²) in [5.41, 5.74) is 4.53. The molecule has 0 saturated carbocycles. The maximum Gasteiger partial charge on any atom is 0.407 e. The Hall–Kier alpha value is -3.35. The summed E-state index contributed by atoms with van der Waals surface area (Å²) in [6, 6.07) is 15.4. The SMILES string of the molecule is CCOC(=O)CN(C)C(=O)[C@@H](NC(=O)OCC1c2ccccc2-c2ccccc21)C(C)C. The highest BCUT2D eigenvalue weighted by Gasteiger charge is 2.31. The Morgan fingerprint density at radius 1 is 0.969 bits per heavy atom. The van der Waals surface area contributed by atoms with E-state index in [1.807, 2.05) is 50.2 Å². The fraction of sp³-hybridized carbons (Fsp3) is 0.400. The van der Waals surface area contributed by atoms with E-state index in [9.17, 15) is 14.4 Å². The lowest BCUT2D eigenvalue weighted by molar-refractivity contribution is -0.148. The summed E-state index contributed by atoms with van der Waals surface area (Å²) >= 11 is 0. The smallest absolute Gasteiger partial charge is 0.407 e. The van der Waals surface area contributed by atoms with E-state index in [4.69, 9.17) is 9.47 Å². The molecule has 0 fully saturated rings. The van der Waals surface area contributed by atoms with Gasteiger partial charge in [0.25, 0.3) is 0 Å². The van der Waals surface area contributed by atoms with Gasteiger partial charge >= 0.3 is 12.1 Å². The zero-order valence-corrected chi connectivity index (χ0v) is 19.0. The zero-order valence-electron chi connectivity index (χ0n) is 19.0. The van der Waals surface area contributed by atoms with Crippen LogP contribution in [0.5, 0.6) is 0 Å². The number of hydrogen-bond donors (Lipinski definition) is 1. The van der Waals surface area contributed by atoms with Crippen LogP contribution in [-0.2, 0) is 19.1 Å². The Labute approximate surface area is 188 Å². The number of nitrogens with one attached hydrogen (secondary N) is 1. The van der Waals surface area contributed by atoms with E-state index >= 15 is 0 Å². The molecule has 1 atom stereocenters. The van der Waals surface area contributed by atoms with Gasteiger partial charge in [0.15, 0.2) is 0 Å². The van der Waals surface area contributed by atoms with Crippen LogP contribution in [0.4, 0.5) is 4.79 Å². The lowest BCUT2D eigenvalue weighted by atomic mass is 9.98. The van der Waals surface area contributed by atoms with Crippen molar-refractivity contribution in [3.63, 3.8) is 0 Å². The molecular weight excluding hydrogens is 408 g/mol. The molecule has 0 radical (unpaired) electrons. The summed E-state index contributed by atoms with van der Waals surface area (Å²) in [7, 11) is 1.51. The second-order valence-corrected chi connectivity index (χ2v) is 8.19. The molecule has 2 amide bonds. The van der Waals surface area contributed by atoms with E-state index in [1.165, 1.54) is 11.9 Å². The number of carbonyl (C=O) groups excluding carboxylic acids is 3. The van der Waals surface area contributed by atoms with Crippen molar-refractivity contribution < 1.29 is 23.9 Å². The lowest BCUT2D eigenvalue weighted by Crippen LogP contribution is -2.51. The molecule has 0 unspecified atom stereocenters. The largest absolute Gasteiger partial charge is 0.465 e. The standard InChI is InChI=1S/C25H30N2O5/c1-5-31-22(28)14-27(4)24(29)23(16(2)3)26-25(30)32-15-21-19-12-8-6-10-17(19)18-11-7-9-13-20(18)21/h6-13,16,21,23H,5,14-15H2,1-4H3,(H,26,30)/t23-/m0/s1. The fourth-order valence-corrected chi connectivity index (χ4v) is 4.00. The second-order valence-electron chi connectivity index (χ2n) is 8.19. The third-order valence-electron chi connectivity index (χ3n) is 5.60. The average molecular weight is 439 g/mol. The van der Waals surface area contributed by atoms with Crippen LogP contribution in [0.2, 0.25) is 0 Å². The highest BCUT2D eigenvalue weighted by atomic mass is 16.5. The Bertz CT molecular complexity index is 942. The van der Waals surface area contributed by atoms with Crippen LogP contribution in [0, 0.1) is 5.92 Å². The van der Waals surface area contributed by atoms with E-state index in [1.54, 1.807) is 6.92 Å². The van der Waals surface area contributed by atoms with Crippen LogP contribution in [0.1, 0.15) is 37.8 Å². The predicted molar refractivity (Wildman–Crippen MR) is 121 cm³/mol. The van der Waals surface area contributed by atoms with E-state index in [0.717, 1.165) is 22.3 Å². The number of alkyl carbamates (subject to hydrolysis) is 1. The molecule has 7 nitrogen and oxygen atoms in total. The number of hydrogen-bond acceptors (Lipinski definition) is 5. The van der Waals surface area contributed by atoms with Gasteiger partial charge in [0.05, 0.1) is 6.61 Å². The maximum atomic E-state index is 12.8. The van der Waals surface area contributed by atoms with Crippen molar-refractivity contribution in [1.82, 2.24) is 10.2 Å². The van der Waals surface area contributed by atoms with Crippen LogP contribution in [0.25, 0.3) is 11.1 Å². The number of amides is 2. The summed E-state index contributed by atoms with van der Waals surface area (Å²) in [4.78, 5) is 38.3. The zero-order chi connectivity index (χ0) is 23.3. The minimum Gasteiger partial charge on any atom is -0.465 e. The van der Waals surface area contributed by atoms with Gasteiger partial charge in [-0.1, -0.05) is 62.4 Å². The van der Waals surface area contributed by atoms with Crippen LogP contribution in [0.3, 0.4) is 0 Å². The molecule has 1 aliphatic rings. The van der Waals surface area contributed by atoms with Crippen molar-refractivity contribution in [1.29, 1.82) is 0 Å². The van der Waals surface area contributed by atoms with Crippen molar-refractivity contribution >= 4 is 18.0 Å². The Balaban J connectivity index is 1.64. The van der Waals surface area contributed by atoms with Gasteiger partial charge in [0, 0.05) is 13.0 Å². The number of esters is 1. The summed E-state index contributed by atoms with van der Waals surface area (Å²) in [6.45, 7) is 5.58. The predicted octanol–water partition coefficient (Wildman–Crippen LogP) is 3.57. The van der Waals surface area contributed by atoms with Crippen molar-refractivity contribution in [3.8, 4) is 11.1 Å². The third kappa shape index (κ3) is 5.10. The topological polar surface area (TPSA) is 84.9 Å². The Morgan fingerprint density at radius 3 is 2.06 bits per heavy atom. The summed E-state index contributed by atoms with van der Waals surface area (Å²) in [5, 5.41) is 2.67. The number of benzene rings is 2. The molecule has 0 spiro atoms. The molecule has 0 heterocycles. The highest BCUT2D eigenvalue weighted by Crippen LogP contribution is 2.44. The summed E-state index contributed by atoms with van der Waals surface area (Å²) in [5.74, 6) is -1.12. The molecule has 2 aromatic carbocycles. The van der Waals surface area contributed by atoms with E-state index in [-0.39, 0.29) is 37.5 Å². The number of ether oxygens (including phenoxy) is 2. The van der Waals surface area contributed by atoms with E-state index in [2.05, 4.69) is 17.4 Å². The molecule has 1 aliphatic carbocycles. The Morgan fingerprint density at radius 2 is 1.53 bits per heavy atom. The van der Waals surface area contributed by atoms with E-state index in [0.29, 0.717) is 0 Å². The first-order valence-electron chi connectivity index (χ1n) is 10.9. The molecule has 0 bridgehead atoms. The minimum absolute atomic E-state index is 0.0622. The van der Waals surface area contributed by atoms with Gasteiger partial charge in [-0.3, -0.25) is 9.59 Å². The molecule has 1 N–H and O–H groups in total.